The molecule has 0 unspecified atom stereocenters. The quantitative estimate of drug-likeness (QED) is 0.120. The number of aldehydes is 1. The van der Waals surface area contributed by atoms with Crippen LogP contribution in [0.5, 0.6) is 5.75 Å². The van der Waals surface area contributed by atoms with Crippen LogP contribution in [0.1, 0.15) is 17.5 Å². The Morgan fingerprint density at radius 3 is 2.32 bits per heavy atom. The van der Waals surface area contributed by atoms with Crippen LogP contribution in [0.4, 0.5) is 11.4 Å². The fourth-order valence-electron chi connectivity index (χ4n) is 5.95. The van der Waals surface area contributed by atoms with Gasteiger partial charge in [0.2, 0.25) is 12.1 Å². The standard InChI is InChI=1S/C25H28N4O9/c1-28(2)13-7-12(27-14(31)8-30)19(32)16-10(13)5-9-6-11-18(29(3)4)21(34)17(24(26)37)23(36)25(11,38)22(35)15(9)20(16)33/h7-9,11,18,32-33,36,38H,5-6H2,1-4H3,(H2,26,37)(H,27,31)/t9-,11-,18-,25-/m0/s1. The van der Waals surface area contributed by atoms with Gasteiger partial charge in [-0.2, -0.15) is 0 Å². The molecule has 0 bridgehead atoms. The summed E-state index contributed by atoms with van der Waals surface area (Å²) in [7, 11) is 6.39. The van der Waals surface area contributed by atoms with Gasteiger partial charge in [-0.05, 0) is 44.5 Å². The monoisotopic (exact) mass is 528 g/mol. The number of benzene rings is 1. The second-order valence-electron chi connectivity index (χ2n) is 10.1. The summed E-state index contributed by atoms with van der Waals surface area (Å²) in [5.74, 6) is -8.81. The fourth-order valence-corrected chi connectivity index (χ4v) is 5.95. The van der Waals surface area contributed by atoms with Crippen LogP contribution in [0.25, 0.3) is 5.76 Å². The molecule has 3 aliphatic carbocycles. The maximum atomic E-state index is 13.9. The zero-order chi connectivity index (χ0) is 28.4. The van der Waals surface area contributed by atoms with Crippen LogP contribution in [0.3, 0.4) is 0 Å². The number of amides is 2. The van der Waals surface area contributed by atoms with Gasteiger partial charge in [0.25, 0.3) is 11.8 Å². The molecule has 13 nitrogen and oxygen atoms in total. The number of anilines is 2. The minimum Gasteiger partial charge on any atom is -0.508 e. The van der Waals surface area contributed by atoms with Crippen molar-refractivity contribution < 1.29 is 44.4 Å². The maximum absolute atomic E-state index is 13.9. The molecule has 0 radical (unpaired) electrons. The van der Waals surface area contributed by atoms with E-state index in [0.717, 1.165) is 0 Å². The lowest BCUT2D eigenvalue weighted by Crippen LogP contribution is -2.65. The molecule has 2 amide bonds. The lowest BCUT2D eigenvalue weighted by molar-refractivity contribution is -0.153. The molecule has 4 rings (SSSR count). The molecule has 4 atom stereocenters. The Morgan fingerprint density at radius 1 is 1.16 bits per heavy atom. The number of phenols is 1. The van der Waals surface area contributed by atoms with Crippen molar-refractivity contribution in [3.8, 4) is 5.75 Å². The molecule has 202 valence electrons. The summed E-state index contributed by atoms with van der Waals surface area (Å²) in [5, 5.41) is 47.0. The fraction of sp³-hybridized carbons (Fsp3) is 0.400. The number of fused-ring (bicyclic) bond motifs is 3. The molecule has 0 spiro atoms. The van der Waals surface area contributed by atoms with Crippen molar-refractivity contribution in [3.63, 3.8) is 0 Å². The first kappa shape index (κ1) is 26.8. The number of ketones is 2. The van der Waals surface area contributed by atoms with Gasteiger partial charge in [-0.3, -0.25) is 28.9 Å². The minimum absolute atomic E-state index is 0.000138. The van der Waals surface area contributed by atoms with Crippen LogP contribution in [-0.4, -0.2) is 94.8 Å². The van der Waals surface area contributed by atoms with Crippen molar-refractivity contribution in [2.24, 2.45) is 17.6 Å². The molecule has 0 aromatic heterocycles. The number of aromatic hydroxyl groups is 1. The number of Topliss-reactive ketones (excluding diaryl/α,β-unsaturated/α-hetero) is 2. The number of hydrogen-bond donors (Lipinski definition) is 6. The van der Waals surface area contributed by atoms with Gasteiger partial charge in [0.15, 0.2) is 11.4 Å². The van der Waals surface area contributed by atoms with E-state index in [1.807, 2.05) is 0 Å². The number of rotatable bonds is 5. The average molecular weight is 529 g/mol. The lowest BCUT2D eigenvalue weighted by Gasteiger charge is -2.50. The Bertz CT molecular complexity index is 1380. The van der Waals surface area contributed by atoms with Crippen molar-refractivity contribution in [3.05, 3.63) is 34.1 Å². The molecule has 0 saturated heterocycles. The molecule has 7 N–H and O–H groups in total. The van der Waals surface area contributed by atoms with E-state index in [0.29, 0.717) is 11.3 Å². The maximum Gasteiger partial charge on any atom is 0.288 e. The highest BCUT2D eigenvalue weighted by Gasteiger charge is 2.64. The molecule has 1 saturated carbocycles. The minimum atomic E-state index is -2.76. The first-order chi connectivity index (χ1) is 17.7. The van der Waals surface area contributed by atoms with Gasteiger partial charge in [-0.15, -0.1) is 0 Å². The Balaban J connectivity index is 2.00. The number of nitrogens with two attached hydrogens (primary N) is 1. The van der Waals surface area contributed by atoms with Gasteiger partial charge in [0.05, 0.1) is 17.3 Å². The van der Waals surface area contributed by atoms with Crippen LogP contribution >= 0.6 is 0 Å². The second-order valence-corrected chi connectivity index (χ2v) is 10.1. The van der Waals surface area contributed by atoms with Crippen LogP contribution in [0.15, 0.2) is 23.0 Å². The molecule has 1 aromatic carbocycles. The zero-order valence-electron chi connectivity index (χ0n) is 21.1. The molecule has 13 heteroatoms. The van der Waals surface area contributed by atoms with Gasteiger partial charge >= 0.3 is 0 Å². The van der Waals surface area contributed by atoms with E-state index in [9.17, 15) is 44.4 Å². The summed E-state index contributed by atoms with van der Waals surface area (Å²) in [6.07, 6.45) is 0.0282. The van der Waals surface area contributed by atoms with Gasteiger partial charge < -0.3 is 36.4 Å². The number of carbonyl (C=O) groups excluding carboxylic acids is 5. The van der Waals surface area contributed by atoms with Crippen molar-refractivity contribution in [1.82, 2.24) is 4.90 Å². The SMILES string of the molecule is CN(C)c1cc(NC(=O)C=O)c(O)c2c1C[C@H]1C[C@H]3[C@H](N(C)C)C(=O)C(C(N)=O)=C(O)[C@@]3(O)C(=O)C1=C2O. The van der Waals surface area contributed by atoms with E-state index in [1.54, 1.807) is 19.0 Å². The molecule has 1 aromatic rings. The summed E-state index contributed by atoms with van der Waals surface area (Å²) in [4.78, 5) is 64.7. The van der Waals surface area contributed by atoms with E-state index in [2.05, 4.69) is 5.32 Å². The summed E-state index contributed by atoms with van der Waals surface area (Å²) in [6, 6.07) is 0.227. The second kappa shape index (κ2) is 8.96. The molecular formula is C25H28N4O9. The lowest BCUT2D eigenvalue weighted by atomic mass is 9.57. The highest BCUT2D eigenvalue weighted by Crippen LogP contribution is 2.54. The van der Waals surface area contributed by atoms with E-state index in [4.69, 9.17) is 5.73 Å². The zero-order valence-corrected chi connectivity index (χ0v) is 21.1. The molecule has 1 fully saturated rings. The predicted molar refractivity (Wildman–Crippen MR) is 133 cm³/mol. The predicted octanol–water partition coefficient (Wildman–Crippen LogP) is -0.833. The normalized spacial score (nSPS) is 26.5. The van der Waals surface area contributed by atoms with Gasteiger partial charge in [0, 0.05) is 31.3 Å². The molecule has 0 aliphatic heterocycles. The number of nitrogens with one attached hydrogen (secondary N) is 1. The van der Waals surface area contributed by atoms with Gasteiger partial charge in [-0.25, -0.2) is 0 Å². The number of carbonyl (C=O) groups is 5. The molecular weight excluding hydrogens is 500 g/mol. The Labute approximate surface area is 216 Å². The van der Waals surface area contributed by atoms with Crippen LogP contribution in [0.2, 0.25) is 0 Å². The summed E-state index contributed by atoms with van der Waals surface area (Å²) in [5.41, 5.74) is 1.81. The van der Waals surface area contributed by atoms with Crippen molar-refractivity contribution in [2.45, 2.75) is 24.5 Å². The highest BCUT2D eigenvalue weighted by molar-refractivity contribution is 6.30. The summed E-state index contributed by atoms with van der Waals surface area (Å²) >= 11 is 0. The van der Waals surface area contributed by atoms with Gasteiger partial charge in [0.1, 0.15) is 22.8 Å². The smallest absolute Gasteiger partial charge is 0.288 e. The largest absolute Gasteiger partial charge is 0.508 e. The topological polar surface area (TPSA) is 211 Å². The van der Waals surface area contributed by atoms with E-state index < -0.39 is 69.7 Å². The summed E-state index contributed by atoms with van der Waals surface area (Å²) < 4.78 is 0. The van der Waals surface area contributed by atoms with Crippen LogP contribution in [-0.2, 0) is 30.4 Å². The van der Waals surface area contributed by atoms with Crippen LogP contribution < -0.4 is 16.0 Å². The number of hydrogen-bond acceptors (Lipinski definition) is 11. The van der Waals surface area contributed by atoms with Crippen molar-refractivity contribution in [1.29, 1.82) is 0 Å². The third kappa shape index (κ3) is 3.57. The van der Waals surface area contributed by atoms with Crippen molar-refractivity contribution >= 4 is 46.8 Å². The van der Waals surface area contributed by atoms with E-state index in [-0.39, 0.29) is 36.0 Å². The Kier molecular flexibility index (Phi) is 6.32. The average Bonchev–Trinajstić information content (AvgIpc) is 2.82. The van der Waals surface area contributed by atoms with E-state index >= 15 is 0 Å². The van der Waals surface area contributed by atoms with E-state index in [1.165, 1.54) is 25.1 Å². The highest BCUT2D eigenvalue weighted by atomic mass is 16.3. The third-order valence-electron chi connectivity index (χ3n) is 7.54. The number of nitrogens with zero attached hydrogens (tertiary/aromatic N) is 2. The van der Waals surface area contributed by atoms with Crippen LogP contribution in [0, 0.1) is 11.8 Å². The third-order valence-corrected chi connectivity index (χ3v) is 7.54. The first-order valence-electron chi connectivity index (χ1n) is 11.6. The number of primary amides is 1. The number of aliphatic hydroxyl groups excluding tert-OH is 2. The van der Waals surface area contributed by atoms with Crippen molar-refractivity contribution in [2.75, 3.05) is 38.4 Å². The number of likely N-dealkylation sites (N-methyl/N-ethyl adjacent to an activating group) is 1. The number of aliphatic hydroxyl groups is 3. The number of phenolic OH excluding ortho intramolecular Hbond substituents is 1. The molecule has 0 heterocycles. The summed E-state index contributed by atoms with van der Waals surface area (Å²) in [6.45, 7) is 0. The Hall–Kier alpha value is -4.23. The molecule has 38 heavy (non-hydrogen) atoms. The molecule has 3 aliphatic rings. The Morgan fingerprint density at radius 2 is 1.79 bits per heavy atom. The van der Waals surface area contributed by atoms with Gasteiger partial charge in [-0.1, -0.05) is 0 Å². The first-order valence-corrected chi connectivity index (χ1v) is 11.6.